The molecule has 1 unspecified atom stereocenters. The van der Waals surface area contributed by atoms with Crippen LogP contribution in [0.4, 0.5) is 0 Å². The molecule has 0 bridgehead atoms. The minimum absolute atomic E-state index is 0. The SMILES string of the molecule is P=NP.[Ca+2].[H-].[H-]. The van der Waals surface area contributed by atoms with Crippen molar-refractivity contribution in [3.8, 4) is 0 Å². The summed E-state index contributed by atoms with van der Waals surface area (Å²) in [7, 11) is 4.89. The summed E-state index contributed by atoms with van der Waals surface area (Å²) in [4.78, 5) is 0. The zero-order valence-corrected chi connectivity index (χ0v) is 6.59. The first-order valence-electron chi connectivity index (χ1n) is 0.482. The van der Waals surface area contributed by atoms with E-state index < -0.39 is 0 Å². The summed E-state index contributed by atoms with van der Waals surface area (Å²) >= 11 is 0. The van der Waals surface area contributed by atoms with Crippen LogP contribution < -0.4 is 0 Å². The summed E-state index contributed by atoms with van der Waals surface area (Å²) in [5, 5.41) is 0. The second-order valence-electron chi connectivity index (χ2n) is 0.129. The maximum Gasteiger partial charge on any atom is 2.00 e. The summed E-state index contributed by atoms with van der Waals surface area (Å²) in [5.74, 6) is 0. The molecule has 0 aliphatic rings. The van der Waals surface area contributed by atoms with E-state index >= 15 is 0 Å². The van der Waals surface area contributed by atoms with Crippen LogP contribution in [0.25, 0.3) is 0 Å². The zero-order valence-electron chi connectivity index (χ0n) is 4.23. The van der Waals surface area contributed by atoms with Crippen molar-refractivity contribution in [2.24, 2.45) is 4.52 Å². The van der Waals surface area contributed by atoms with E-state index in [2.05, 4.69) is 22.9 Å². The molecule has 4 heavy (non-hydrogen) atoms. The van der Waals surface area contributed by atoms with E-state index in [0.717, 1.165) is 0 Å². The number of rotatable bonds is 0. The predicted octanol–water partition coefficient (Wildman–Crippen LogP) is 0.947. The van der Waals surface area contributed by atoms with Gasteiger partial charge in [0.15, 0.2) is 0 Å². The molecule has 0 aromatic rings. The molecule has 1 atom stereocenters. The van der Waals surface area contributed by atoms with E-state index in [1.807, 2.05) is 0 Å². The Morgan fingerprint density at radius 3 is 2.00 bits per heavy atom. The largest absolute Gasteiger partial charge is 2.00 e. The van der Waals surface area contributed by atoms with Gasteiger partial charge in [0.2, 0.25) is 0 Å². The minimum atomic E-state index is 0. The summed E-state index contributed by atoms with van der Waals surface area (Å²) in [6.45, 7) is 0. The van der Waals surface area contributed by atoms with Gasteiger partial charge in [-0.25, -0.2) is 0 Å². The van der Waals surface area contributed by atoms with Crippen LogP contribution in [0.2, 0.25) is 0 Å². The zero-order chi connectivity index (χ0) is 2.71. The molecule has 0 aliphatic heterocycles. The van der Waals surface area contributed by atoms with Crippen molar-refractivity contribution in [3.05, 3.63) is 0 Å². The van der Waals surface area contributed by atoms with Gasteiger partial charge in [0.05, 0.1) is 0 Å². The van der Waals surface area contributed by atoms with E-state index in [-0.39, 0.29) is 40.6 Å². The van der Waals surface area contributed by atoms with Crippen molar-refractivity contribution >= 4 is 56.2 Å². The van der Waals surface area contributed by atoms with Gasteiger partial charge in [-0.1, -0.05) is 0 Å². The molecular formula is H5CaNP2. The quantitative estimate of drug-likeness (QED) is 0.334. The van der Waals surface area contributed by atoms with E-state index in [0.29, 0.717) is 0 Å². The third-order valence-corrected chi connectivity index (χ3v) is 0. The third-order valence-electron chi connectivity index (χ3n) is 0. The van der Waals surface area contributed by atoms with Crippen LogP contribution in [0.15, 0.2) is 4.52 Å². The summed E-state index contributed by atoms with van der Waals surface area (Å²) in [6.07, 6.45) is 0. The smallest absolute Gasteiger partial charge is 1.00 e. The second kappa shape index (κ2) is 8.84. The second-order valence-corrected chi connectivity index (χ2v) is 1.16. The van der Waals surface area contributed by atoms with Crippen LogP contribution >= 0.6 is 18.4 Å². The minimum Gasteiger partial charge on any atom is -1.00 e. The molecule has 0 heterocycles. The molecule has 0 aromatic carbocycles. The number of hydrogen-bond donors (Lipinski definition) is 0. The average Bonchev–Trinajstić information content (AvgIpc) is 0.918. The van der Waals surface area contributed by atoms with Gasteiger partial charge in [-0.2, -0.15) is 0 Å². The molecule has 0 radical (unpaired) electrons. The molecule has 0 saturated carbocycles. The first-order chi connectivity index (χ1) is 1.41. The first-order valence-corrected chi connectivity index (χ1v) is 1.45. The Balaban J connectivity index is -0.00000000667. The third kappa shape index (κ3) is 9.21. The number of nitrogens with zero attached hydrogens (tertiary/aromatic N) is 1. The van der Waals surface area contributed by atoms with Crippen molar-refractivity contribution in [3.63, 3.8) is 0 Å². The Bertz CT molecular complexity index is 19.0. The van der Waals surface area contributed by atoms with E-state index in [1.165, 1.54) is 0 Å². The molecule has 0 amide bonds. The normalized spacial score (nSPS) is 3.25. The Morgan fingerprint density at radius 2 is 2.00 bits per heavy atom. The summed E-state index contributed by atoms with van der Waals surface area (Å²) in [5.41, 5.74) is 0. The Labute approximate surface area is 63.1 Å². The Kier molecular flexibility index (Phi) is 20.4. The van der Waals surface area contributed by atoms with Crippen LogP contribution in [-0.4, -0.2) is 37.7 Å². The summed E-state index contributed by atoms with van der Waals surface area (Å²) < 4.78 is 3.22. The average molecular weight is 121 g/mol. The van der Waals surface area contributed by atoms with Gasteiger partial charge in [0.1, 0.15) is 0 Å². The molecule has 1 nitrogen and oxygen atoms in total. The molecule has 0 rings (SSSR count). The van der Waals surface area contributed by atoms with Gasteiger partial charge in [0.25, 0.3) is 0 Å². The van der Waals surface area contributed by atoms with Gasteiger partial charge >= 0.3 is 37.7 Å². The maximum absolute atomic E-state index is 3.22. The molecule has 0 N–H and O–H groups in total. The van der Waals surface area contributed by atoms with Gasteiger partial charge in [0, 0.05) is 0 Å². The number of hydrogen-bond acceptors (Lipinski definition) is 1. The maximum atomic E-state index is 3.22. The Morgan fingerprint density at radius 1 is 2.00 bits per heavy atom. The molecule has 4 heteroatoms. The van der Waals surface area contributed by atoms with Crippen LogP contribution in [-0.2, 0) is 0 Å². The molecule has 22 valence electrons. The molecular weight excluding hydrogens is 116 g/mol. The first kappa shape index (κ1) is 9.25. The van der Waals surface area contributed by atoms with Crippen LogP contribution in [0.3, 0.4) is 0 Å². The van der Waals surface area contributed by atoms with Crippen LogP contribution in [0.1, 0.15) is 2.85 Å². The molecule has 0 saturated heterocycles. The van der Waals surface area contributed by atoms with Crippen LogP contribution in [0.5, 0.6) is 0 Å². The molecule has 0 aliphatic carbocycles. The van der Waals surface area contributed by atoms with Crippen LogP contribution in [0, 0.1) is 0 Å². The van der Waals surface area contributed by atoms with Crippen molar-refractivity contribution in [1.29, 1.82) is 0 Å². The van der Waals surface area contributed by atoms with E-state index in [4.69, 9.17) is 0 Å². The predicted molar refractivity (Wildman–Crippen MR) is 28.4 cm³/mol. The fourth-order valence-corrected chi connectivity index (χ4v) is 0. The van der Waals surface area contributed by atoms with Crippen molar-refractivity contribution in [1.82, 2.24) is 0 Å². The monoisotopic (exact) mass is 121 g/mol. The van der Waals surface area contributed by atoms with E-state index in [9.17, 15) is 0 Å². The fourth-order valence-electron chi connectivity index (χ4n) is 0. The van der Waals surface area contributed by atoms with Gasteiger partial charge in [-0.05, 0) is 18.4 Å². The Hall–Kier alpha value is 1.79. The molecule has 0 aromatic heterocycles. The van der Waals surface area contributed by atoms with Crippen molar-refractivity contribution in [2.45, 2.75) is 0 Å². The molecule has 0 fully saturated rings. The standard InChI is InChI=1S/Ca.H3NP2.2H/c;2-1-3;;/h;2H,3H2;;/q+2;;2*-1. The fraction of sp³-hybridized carbons (Fsp3) is 0. The summed E-state index contributed by atoms with van der Waals surface area (Å²) in [6, 6.07) is 0. The van der Waals surface area contributed by atoms with Crippen molar-refractivity contribution in [2.75, 3.05) is 0 Å². The van der Waals surface area contributed by atoms with Gasteiger partial charge in [-0.15, -0.1) is 0 Å². The van der Waals surface area contributed by atoms with Gasteiger partial charge in [-0.3, -0.25) is 4.52 Å². The van der Waals surface area contributed by atoms with E-state index in [1.54, 1.807) is 0 Å². The van der Waals surface area contributed by atoms with Crippen molar-refractivity contribution < 1.29 is 2.85 Å². The van der Waals surface area contributed by atoms with Gasteiger partial charge < -0.3 is 2.85 Å². The topological polar surface area (TPSA) is 12.4 Å². The molecule has 0 spiro atoms.